The molecule has 0 radical (unpaired) electrons. The molecule has 8 nitrogen and oxygen atoms in total. The molecule has 1 saturated heterocycles. The fourth-order valence-corrected chi connectivity index (χ4v) is 1.60. The van der Waals surface area contributed by atoms with Crippen LogP contribution in [0.25, 0.3) is 0 Å². The van der Waals surface area contributed by atoms with E-state index in [0.717, 1.165) is 4.90 Å². The normalized spacial score (nSPS) is 25.7. The topological polar surface area (TPSA) is 130 Å². The Balaban J connectivity index is 2.74. The van der Waals surface area contributed by atoms with Crippen LogP contribution in [0.4, 0.5) is 4.79 Å². The number of hydrogen-bond donors (Lipinski definition) is 5. The van der Waals surface area contributed by atoms with E-state index in [-0.39, 0.29) is 6.54 Å². The molecule has 3 amide bonds. The Hall–Kier alpha value is -1.22. The van der Waals surface area contributed by atoms with Crippen LogP contribution in [0.3, 0.4) is 0 Å². The third kappa shape index (κ3) is 2.55. The lowest BCUT2D eigenvalue weighted by molar-refractivity contribution is -0.135. The highest BCUT2D eigenvalue weighted by atomic mass is 16.4. The van der Waals surface area contributed by atoms with E-state index in [1.165, 1.54) is 0 Å². The number of hydrogen-bond acceptors (Lipinski definition) is 6. The maximum absolute atomic E-state index is 11.6. The Morgan fingerprint density at radius 1 is 1.35 bits per heavy atom. The number of likely N-dealkylation sites (N-methyl/N-ethyl adjacent to an activating group) is 1. The van der Waals surface area contributed by atoms with Crippen LogP contribution in [0.2, 0.25) is 0 Å². The zero-order valence-corrected chi connectivity index (χ0v) is 9.28. The van der Waals surface area contributed by atoms with Gasteiger partial charge in [0.25, 0.3) is 5.91 Å². The number of nitrogens with one attached hydrogen (secondary N) is 1. The van der Waals surface area contributed by atoms with Crippen molar-refractivity contribution < 1.29 is 30.0 Å². The highest BCUT2D eigenvalue weighted by Gasteiger charge is 2.44. The van der Waals surface area contributed by atoms with Gasteiger partial charge >= 0.3 is 6.03 Å². The second-order valence-corrected chi connectivity index (χ2v) is 3.74. The van der Waals surface area contributed by atoms with Crippen molar-refractivity contribution in [1.82, 2.24) is 10.2 Å². The van der Waals surface area contributed by atoms with E-state index in [9.17, 15) is 19.8 Å². The van der Waals surface area contributed by atoms with Crippen molar-refractivity contribution in [3.05, 3.63) is 0 Å². The van der Waals surface area contributed by atoms with Crippen molar-refractivity contribution in [3.63, 3.8) is 0 Å². The molecule has 98 valence electrons. The summed E-state index contributed by atoms with van der Waals surface area (Å²) in [5.41, 5.74) is 0. The number of aliphatic hydroxyl groups is 4. The van der Waals surface area contributed by atoms with Gasteiger partial charge in [-0.1, -0.05) is 0 Å². The van der Waals surface area contributed by atoms with Gasteiger partial charge in [0.2, 0.25) is 0 Å². The maximum Gasteiger partial charge on any atom is 0.324 e. The molecule has 0 unspecified atom stereocenters. The second-order valence-electron chi connectivity index (χ2n) is 3.74. The van der Waals surface area contributed by atoms with Gasteiger partial charge in [0, 0.05) is 6.54 Å². The van der Waals surface area contributed by atoms with Crippen LogP contribution in [-0.4, -0.2) is 74.8 Å². The summed E-state index contributed by atoms with van der Waals surface area (Å²) in [6.07, 6.45) is -4.97. The molecule has 0 bridgehead atoms. The Morgan fingerprint density at radius 2 is 1.94 bits per heavy atom. The van der Waals surface area contributed by atoms with Gasteiger partial charge in [0.05, 0.1) is 6.61 Å². The molecule has 1 aliphatic rings. The molecular formula is C9H16N2O6. The molecule has 0 aromatic heterocycles. The Labute approximate surface area is 97.5 Å². The third-order valence-electron chi connectivity index (χ3n) is 2.65. The number of amides is 3. The zero-order chi connectivity index (χ0) is 13.2. The first-order valence-electron chi connectivity index (χ1n) is 5.21. The van der Waals surface area contributed by atoms with Crippen molar-refractivity contribution in [2.24, 2.45) is 0 Å². The summed E-state index contributed by atoms with van der Waals surface area (Å²) in [6.45, 7) is 0.975. The predicted molar refractivity (Wildman–Crippen MR) is 54.8 cm³/mol. The molecule has 0 aliphatic carbocycles. The monoisotopic (exact) mass is 248 g/mol. The highest BCUT2D eigenvalue weighted by molar-refractivity contribution is 6.04. The lowest BCUT2D eigenvalue weighted by atomic mass is 10.0. The van der Waals surface area contributed by atoms with E-state index in [0.29, 0.717) is 0 Å². The predicted octanol–water partition coefficient (Wildman–Crippen LogP) is -3.00. The highest BCUT2D eigenvalue weighted by Crippen LogP contribution is 2.13. The van der Waals surface area contributed by atoms with Gasteiger partial charge in [0.15, 0.2) is 0 Å². The first-order chi connectivity index (χ1) is 7.93. The lowest BCUT2D eigenvalue weighted by Gasteiger charge is -2.24. The number of aliphatic hydroxyl groups excluding tert-OH is 4. The number of carbonyl (C=O) groups is 2. The van der Waals surface area contributed by atoms with Gasteiger partial charge in [-0.05, 0) is 6.92 Å². The van der Waals surface area contributed by atoms with Crippen molar-refractivity contribution in [3.8, 4) is 0 Å². The van der Waals surface area contributed by atoms with Crippen molar-refractivity contribution >= 4 is 11.9 Å². The van der Waals surface area contributed by atoms with E-state index in [1.54, 1.807) is 6.92 Å². The number of rotatable bonds is 5. The molecule has 0 saturated carbocycles. The molecule has 17 heavy (non-hydrogen) atoms. The van der Waals surface area contributed by atoms with Crippen molar-refractivity contribution in [1.29, 1.82) is 0 Å². The number of carbonyl (C=O) groups excluding carboxylic acids is 2. The number of urea groups is 1. The van der Waals surface area contributed by atoms with Crippen LogP contribution in [0.5, 0.6) is 0 Å². The largest absolute Gasteiger partial charge is 0.394 e. The smallest absolute Gasteiger partial charge is 0.324 e. The van der Waals surface area contributed by atoms with Gasteiger partial charge in [0.1, 0.15) is 24.4 Å². The van der Waals surface area contributed by atoms with Crippen molar-refractivity contribution in [2.45, 2.75) is 31.3 Å². The summed E-state index contributed by atoms with van der Waals surface area (Å²) in [5, 5.41) is 39.0. The standard InChI is InChI=1S/C9H16N2O6/c1-2-11-8(16)5(10-9(11)17)7(15)6(14)4(13)3-12/h4-7,12-15H,2-3H2,1H3,(H,10,17)/t4-,5-,6-,7-/m1/s1. The summed E-state index contributed by atoms with van der Waals surface area (Å²) >= 11 is 0. The van der Waals surface area contributed by atoms with Crippen LogP contribution in [0, 0.1) is 0 Å². The molecule has 0 aromatic carbocycles. The van der Waals surface area contributed by atoms with E-state index in [2.05, 4.69) is 5.32 Å². The molecule has 1 fully saturated rings. The molecule has 1 aliphatic heterocycles. The fourth-order valence-electron chi connectivity index (χ4n) is 1.60. The molecule has 4 atom stereocenters. The Morgan fingerprint density at radius 3 is 2.35 bits per heavy atom. The Kier molecular flexibility index (Phi) is 4.40. The average molecular weight is 248 g/mol. The first kappa shape index (κ1) is 13.8. The second kappa shape index (κ2) is 5.41. The van der Waals surface area contributed by atoms with Crippen LogP contribution < -0.4 is 5.32 Å². The van der Waals surface area contributed by atoms with Gasteiger partial charge in [-0.3, -0.25) is 9.69 Å². The summed E-state index contributed by atoms with van der Waals surface area (Å²) < 4.78 is 0. The average Bonchev–Trinajstić information content (AvgIpc) is 2.61. The van der Waals surface area contributed by atoms with Gasteiger partial charge in [-0.15, -0.1) is 0 Å². The molecule has 8 heteroatoms. The van der Waals surface area contributed by atoms with Gasteiger partial charge in [-0.25, -0.2) is 4.79 Å². The minimum Gasteiger partial charge on any atom is -0.394 e. The summed E-state index contributed by atoms with van der Waals surface area (Å²) in [7, 11) is 0. The van der Waals surface area contributed by atoms with Crippen LogP contribution >= 0.6 is 0 Å². The molecule has 1 rings (SSSR count). The molecular weight excluding hydrogens is 232 g/mol. The fraction of sp³-hybridized carbons (Fsp3) is 0.778. The minimum absolute atomic E-state index is 0.145. The van der Waals surface area contributed by atoms with E-state index in [4.69, 9.17) is 10.2 Å². The third-order valence-corrected chi connectivity index (χ3v) is 2.65. The van der Waals surface area contributed by atoms with Crippen LogP contribution in [-0.2, 0) is 4.79 Å². The van der Waals surface area contributed by atoms with Gasteiger partial charge in [-0.2, -0.15) is 0 Å². The van der Waals surface area contributed by atoms with Crippen molar-refractivity contribution in [2.75, 3.05) is 13.2 Å². The first-order valence-corrected chi connectivity index (χ1v) is 5.21. The molecule has 0 spiro atoms. The number of nitrogens with zero attached hydrogens (tertiary/aromatic N) is 1. The zero-order valence-electron chi connectivity index (χ0n) is 9.28. The maximum atomic E-state index is 11.6. The van der Waals surface area contributed by atoms with E-state index in [1.807, 2.05) is 0 Å². The van der Waals surface area contributed by atoms with E-state index < -0.39 is 42.9 Å². The van der Waals surface area contributed by atoms with E-state index >= 15 is 0 Å². The summed E-state index contributed by atoms with van der Waals surface area (Å²) in [5.74, 6) is -0.672. The summed E-state index contributed by atoms with van der Waals surface area (Å²) in [4.78, 5) is 23.8. The molecule has 1 heterocycles. The molecule has 5 N–H and O–H groups in total. The SMILES string of the molecule is CCN1C(=O)N[C@H]([C@@H](O)[C@H](O)[C@H](O)CO)C1=O. The van der Waals surface area contributed by atoms with Crippen LogP contribution in [0.1, 0.15) is 6.92 Å². The van der Waals surface area contributed by atoms with Crippen LogP contribution in [0.15, 0.2) is 0 Å². The lowest BCUT2D eigenvalue weighted by Crippen LogP contribution is -2.52. The summed E-state index contributed by atoms with van der Waals surface area (Å²) in [6, 6.07) is -1.97. The minimum atomic E-state index is -1.72. The molecule has 0 aromatic rings. The number of imide groups is 1. The van der Waals surface area contributed by atoms with Gasteiger partial charge < -0.3 is 25.7 Å². The quantitative estimate of drug-likeness (QED) is 0.330. The Bertz CT molecular complexity index is 310.